The predicted octanol–water partition coefficient (Wildman–Crippen LogP) is 6.17. The summed E-state index contributed by atoms with van der Waals surface area (Å²) < 4.78 is 5.37. The fourth-order valence-corrected chi connectivity index (χ4v) is 4.48. The van der Waals surface area contributed by atoms with Crippen LogP contribution >= 0.6 is 0 Å². The number of ether oxygens (including phenoxy) is 1. The Balaban J connectivity index is 1.86. The van der Waals surface area contributed by atoms with Crippen molar-refractivity contribution in [2.45, 2.75) is 38.5 Å². The lowest BCUT2D eigenvalue weighted by atomic mass is 9.68. The second-order valence-electron chi connectivity index (χ2n) is 7.45. The van der Waals surface area contributed by atoms with Gasteiger partial charge < -0.3 is 4.74 Å². The van der Waals surface area contributed by atoms with E-state index in [2.05, 4.69) is 80.6 Å². The van der Waals surface area contributed by atoms with Crippen molar-refractivity contribution in [3.05, 3.63) is 100 Å². The molecule has 3 aromatic rings. The van der Waals surface area contributed by atoms with Gasteiger partial charge in [0.25, 0.3) is 0 Å². The zero-order valence-electron chi connectivity index (χ0n) is 15.8. The number of aryl methyl sites for hydroxylation is 3. The first kappa shape index (κ1) is 16.9. The number of rotatable bonds is 3. The highest BCUT2D eigenvalue weighted by atomic mass is 16.5. The molecule has 4 rings (SSSR count). The Bertz CT molecular complexity index is 908. The van der Waals surface area contributed by atoms with Crippen molar-refractivity contribution in [1.82, 2.24) is 0 Å². The van der Waals surface area contributed by atoms with Gasteiger partial charge in [-0.15, -0.1) is 0 Å². The van der Waals surface area contributed by atoms with E-state index in [4.69, 9.17) is 4.74 Å². The Hall–Kier alpha value is -2.54. The van der Waals surface area contributed by atoms with Gasteiger partial charge in [-0.3, -0.25) is 0 Å². The van der Waals surface area contributed by atoms with E-state index in [0.29, 0.717) is 11.8 Å². The zero-order valence-corrected chi connectivity index (χ0v) is 15.8. The summed E-state index contributed by atoms with van der Waals surface area (Å²) in [5, 5.41) is 0. The molecule has 1 aliphatic rings. The molecular weight excluding hydrogens is 316 g/mol. The first-order valence-corrected chi connectivity index (χ1v) is 9.46. The smallest absolute Gasteiger partial charge is 0.118 e. The molecule has 3 aromatic carbocycles. The average molecular weight is 342 g/mol. The number of benzene rings is 3. The van der Waals surface area contributed by atoms with Crippen LogP contribution in [0, 0.1) is 13.8 Å². The molecule has 0 saturated heterocycles. The highest BCUT2D eigenvalue weighted by Gasteiger charge is 2.32. The van der Waals surface area contributed by atoms with Crippen LogP contribution < -0.4 is 4.74 Å². The molecule has 0 N–H and O–H groups in total. The van der Waals surface area contributed by atoms with Gasteiger partial charge in [-0.1, -0.05) is 60.2 Å². The molecule has 132 valence electrons. The normalized spacial score (nSPS) is 19.0. The number of hydrogen-bond donors (Lipinski definition) is 0. The van der Waals surface area contributed by atoms with Crippen LogP contribution in [0.2, 0.25) is 0 Å². The molecule has 1 aliphatic carbocycles. The molecular formula is C25H26O. The van der Waals surface area contributed by atoms with Gasteiger partial charge in [-0.2, -0.15) is 0 Å². The summed E-state index contributed by atoms with van der Waals surface area (Å²) in [6.45, 7) is 4.45. The highest BCUT2D eigenvalue weighted by Crippen LogP contribution is 2.47. The van der Waals surface area contributed by atoms with Crippen LogP contribution in [0.15, 0.2) is 66.7 Å². The molecule has 0 spiro atoms. The van der Waals surface area contributed by atoms with E-state index in [1.807, 2.05) is 0 Å². The molecule has 0 aliphatic heterocycles. The Morgan fingerprint density at radius 3 is 2.38 bits per heavy atom. The van der Waals surface area contributed by atoms with E-state index >= 15 is 0 Å². The topological polar surface area (TPSA) is 9.23 Å². The fourth-order valence-electron chi connectivity index (χ4n) is 4.48. The Morgan fingerprint density at radius 1 is 0.846 bits per heavy atom. The maximum absolute atomic E-state index is 5.37. The molecule has 0 bridgehead atoms. The lowest BCUT2D eigenvalue weighted by molar-refractivity contribution is 0.414. The van der Waals surface area contributed by atoms with Crippen molar-refractivity contribution >= 4 is 0 Å². The maximum atomic E-state index is 5.37. The molecule has 1 nitrogen and oxygen atoms in total. The predicted molar refractivity (Wildman–Crippen MR) is 108 cm³/mol. The third-order valence-corrected chi connectivity index (χ3v) is 5.83. The summed E-state index contributed by atoms with van der Waals surface area (Å²) in [6, 6.07) is 24.5. The molecule has 1 heteroatoms. The van der Waals surface area contributed by atoms with Crippen molar-refractivity contribution in [2.75, 3.05) is 7.11 Å². The van der Waals surface area contributed by atoms with Crippen LogP contribution in [-0.4, -0.2) is 7.11 Å². The van der Waals surface area contributed by atoms with Crippen LogP contribution in [0.3, 0.4) is 0 Å². The van der Waals surface area contributed by atoms with Crippen molar-refractivity contribution < 1.29 is 4.74 Å². The molecule has 0 saturated carbocycles. The molecule has 0 unspecified atom stereocenters. The van der Waals surface area contributed by atoms with Crippen molar-refractivity contribution in [3.8, 4) is 5.75 Å². The molecule has 0 amide bonds. The first-order valence-electron chi connectivity index (χ1n) is 9.46. The summed E-state index contributed by atoms with van der Waals surface area (Å²) in [5.74, 6) is 1.82. The minimum atomic E-state index is 0.395. The lowest BCUT2D eigenvalue weighted by Crippen LogP contribution is -2.21. The van der Waals surface area contributed by atoms with Crippen LogP contribution in [0.25, 0.3) is 0 Å². The largest absolute Gasteiger partial charge is 0.497 e. The second kappa shape index (κ2) is 6.99. The van der Waals surface area contributed by atoms with Crippen LogP contribution in [0.4, 0.5) is 0 Å². The zero-order chi connectivity index (χ0) is 18.1. The summed E-state index contributed by atoms with van der Waals surface area (Å²) >= 11 is 0. The van der Waals surface area contributed by atoms with Gasteiger partial charge in [0, 0.05) is 5.92 Å². The minimum Gasteiger partial charge on any atom is -0.497 e. The highest BCUT2D eigenvalue weighted by molar-refractivity contribution is 5.47. The van der Waals surface area contributed by atoms with Gasteiger partial charge in [-0.05, 0) is 72.6 Å². The summed E-state index contributed by atoms with van der Waals surface area (Å²) in [4.78, 5) is 0. The van der Waals surface area contributed by atoms with Crippen molar-refractivity contribution in [2.24, 2.45) is 0 Å². The summed E-state index contributed by atoms with van der Waals surface area (Å²) in [6.07, 6.45) is 2.35. The average Bonchev–Trinajstić information content (AvgIpc) is 2.69. The van der Waals surface area contributed by atoms with E-state index in [9.17, 15) is 0 Å². The number of fused-ring (bicyclic) bond motifs is 1. The fraction of sp³-hybridized carbons (Fsp3) is 0.280. The Kier molecular flexibility index (Phi) is 4.55. The second-order valence-corrected chi connectivity index (χ2v) is 7.45. The Labute approximate surface area is 156 Å². The van der Waals surface area contributed by atoms with Gasteiger partial charge in [0.05, 0.1) is 7.11 Å². The van der Waals surface area contributed by atoms with E-state index in [-0.39, 0.29) is 0 Å². The first-order chi connectivity index (χ1) is 12.7. The van der Waals surface area contributed by atoms with Gasteiger partial charge in [-0.25, -0.2) is 0 Å². The molecule has 0 heterocycles. The van der Waals surface area contributed by atoms with E-state index < -0.39 is 0 Å². The van der Waals surface area contributed by atoms with E-state index in [1.165, 1.54) is 39.8 Å². The standard InChI is InChI=1S/C25H26O/c1-17-8-9-18(2)24(16-17)23-15-12-19-6-4-5-7-22(19)25(23)20-10-13-21(26-3)14-11-20/h4-11,13-14,16,23,25H,12,15H2,1-3H3/t23-,25+/m1/s1. The molecule has 26 heavy (non-hydrogen) atoms. The molecule has 2 atom stereocenters. The van der Waals surface area contributed by atoms with Crippen LogP contribution in [0.1, 0.15) is 51.6 Å². The Morgan fingerprint density at radius 2 is 1.62 bits per heavy atom. The summed E-state index contributed by atoms with van der Waals surface area (Å²) in [7, 11) is 1.73. The molecule has 0 fully saturated rings. The monoisotopic (exact) mass is 342 g/mol. The van der Waals surface area contributed by atoms with Crippen LogP contribution in [-0.2, 0) is 6.42 Å². The summed E-state index contributed by atoms with van der Waals surface area (Å²) in [5.41, 5.74) is 8.60. The molecule has 0 aromatic heterocycles. The lowest BCUT2D eigenvalue weighted by Gasteiger charge is -2.35. The minimum absolute atomic E-state index is 0.395. The SMILES string of the molecule is COc1ccc([C@H]2c3ccccc3CC[C@@H]2c2cc(C)ccc2C)cc1. The number of hydrogen-bond acceptors (Lipinski definition) is 1. The van der Waals surface area contributed by atoms with E-state index in [0.717, 1.165) is 12.2 Å². The number of methoxy groups -OCH3 is 1. The van der Waals surface area contributed by atoms with Crippen LogP contribution in [0.5, 0.6) is 5.75 Å². The van der Waals surface area contributed by atoms with E-state index in [1.54, 1.807) is 7.11 Å². The third kappa shape index (κ3) is 3.03. The maximum Gasteiger partial charge on any atom is 0.118 e. The van der Waals surface area contributed by atoms with Gasteiger partial charge in [0.15, 0.2) is 0 Å². The van der Waals surface area contributed by atoms with Crippen molar-refractivity contribution in [1.29, 1.82) is 0 Å². The molecule has 0 radical (unpaired) electrons. The van der Waals surface area contributed by atoms with Gasteiger partial charge in [0.1, 0.15) is 5.75 Å². The quantitative estimate of drug-likeness (QED) is 0.553. The van der Waals surface area contributed by atoms with Gasteiger partial charge in [0.2, 0.25) is 0 Å². The van der Waals surface area contributed by atoms with Crippen molar-refractivity contribution in [3.63, 3.8) is 0 Å². The van der Waals surface area contributed by atoms with Gasteiger partial charge >= 0.3 is 0 Å². The third-order valence-electron chi connectivity index (χ3n) is 5.83.